The lowest BCUT2D eigenvalue weighted by atomic mass is 10.3. The van der Waals surface area contributed by atoms with Gasteiger partial charge in [0, 0.05) is 12.2 Å². The molecular weight excluding hydrogens is 190 g/mol. The lowest BCUT2D eigenvalue weighted by Gasteiger charge is -2.10. The number of nitrogens with zero attached hydrogens (tertiary/aromatic N) is 1. The van der Waals surface area contributed by atoms with Crippen LogP contribution in [-0.4, -0.2) is 23.5 Å². The number of amides is 1. The van der Waals surface area contributed by atoms with Gasteiger partial charge in [0.05, 0.1) is 6.54 Å². The maximum Gasteiger partial charge on any atom is 0.239 e. The van der Waals surface area contributed by atoms with E-state index in [9.17, 15) is 4.79 Å². The minimum Gasteiger partial charge on any atom is -0.361 e. The number of carbonyl (C=O) groups excluding carboxylic acids is 1. The van der Waals surface area contributed by atoms with Crippen LogP contribution in [0.25, 0.3) is 0 Å². The van der Waals surface area contributed by atoms with E-state index in [1.165, 1.54) is 0 Å². The Bertz CT molecular complexity index is 336. The van der Waals surface area contributed by atoms with E-state index in [-0.39, 0.29) is 18.5 Å². The van der Waals surface area contributed by atoms with Crippen LogP contribution in [0.1, 0.15) is 19.4 Å². The topological polar surface area (TPSA) is 54.0 Å². The summed E-state index contributed by atoms with van der Waals surface area (Å²) in [6.45, 7) is 6.08. The SMILES string of the molecule is Cc1cccnc1NCC(=O)NC(C)C. The Labute approximate surface area is 90.1 Å². The first kappa shape index (κ1) is 11.5. The molecule has 1 rings (SSSR count). The number of pyridine rings is 1. The molecule has 1 aromatic heterocycles. The van der Waals surface area contributed by atoms with E-state index in [0.717, 1.165) is 11.4 Å². The van der Waals surface area contributed by atoms with Crippen molar-refractivity contribution in [2.24, 2.45) is 0 Å². The third kappa shape index (κ3) is 3.97. The van der Waals surface area contributed by atoms with Gasteiger partial charge in [-0.25, -0.2) is 4.98 Å². The third-order valence-corrected chi connectivity index (χ3v) is 1.88. The van der Waals surface area contributed by atoms with Crippen molar-refractivity contribution >= 4 is 11.7 Å². The molecule has 0 unspecified atom stereocenters. The molecule has 4 heteroatoms. The van der Waals surface area contributed by atoms with E-state index < -0.39 is 0 Å². The zero-order valence-electron chi connectivity index (χ0n) is 9.37. The third-order valence-electron chi connectivity index (χ3n) is 1.88. The molecule has 15 heavy (non-hydrogen) atoms. The molecule has 0 saturated carbocycles. The number of hydrogen-bond acceptors (Lipinski definition) is 3. The van der Waals surface area contributed by atoms with E-state index in [0.29, 0.717) is 0 Å². The summed E-state index contributed by atoms with van der Waals surface area (Å²) in [7, 11) is 0. The molecule has 82 valence electrons. The second kappa shape index (κ2) is 5.34. The highest BCUT2D eigenvalue weighted by molar-refractivity contribution is 5.80. The van der Waals surface area contributed by atoms with Gasteiger partial charge in [0.25, 0.3) is 0 Å². The summed E-state index contributed by atoms with van der Waals surface area (Å²) in [5, 5.41) is 5.80. The van der Waals surface area contributed by atoms with Crippen LogP contribution in [0.2, 0.25) is 0 Å². The molecule has 1 heterocycles. The first-order valence-corrected chi connectivity index (χ1v) is 5.04. The van der Waals surface area contributed by atoms with Crippen molar-refractivity contribution in [2.75, 3.05) is 11.9 Å². The van der Waals surface area contributed by atoms with Crippen LogP contribution in [0.4, 0.5) is 5.82 Å². The average Bonchev–Trinajstić information content (AvgIpc) is 2.15. The molecule has 1 aromatic rings. The van der Waals surface area contributed by atoms with Crippen molar-refractivity contribution in [3.05, 3.63) is 23.9 Å². The number of carbonyl (C=O) groups is 1. The molecule has 0 saturated heterocycles. The quantitative estimate of drug-likeness (QED) is 0.783. The average molecular weight is 207 g/mol. The number of aromatic nitrogens is 1. The minimum atomic E-state index is -0.0185. The van der Waals surface area contributed by atoms with Gasteiger partial charge in [-0.2, -0.15) is 0 Å². The molecule has 0 aromatic carbocycles. The van der Waals surface area contributed by atoms with Crippen molar-refractivity contribution in [1.29, 1.82) is 0 Å². The Morgan fingerprint density at radius 1 is 1.53 bits per heavy atom. The molecule has 0 aliphatic carbocycles. The van der Waals surface area contributed by atoms with Gasteiger partial charge in [0.2, 0.25) is 5.91 Å². The van der Waals surface area contributed by atoms with E-state index in [1.54, 1.807) is 6.20 Å². The Morgan fingerprint density at radius 2 is 2.27 bits per heavy atom. The number of anilines is 1. The highest BCUT2D eigenvalue weighted by atomic mass is 16.1. The Hall–Kier alpha value is -1.58. The zero-order valence-corrected chi connectivity index (χ0v) is 9.37. The Balaban J connectivity index is 2.44. The molecule has 0 fully saturated rings. The second-order valence-corrected chi connectivity index (χ2v) is 3.74. The van der Waals surface area contributed by atoms with Crippen molar-refractivity contribution in [3.8, 4) is 0 Å². The van der Waals surface area contributed by atoms with Crippen LogP contribution < -0.4 is 10.6 Å². The summed E-state index contributed by atoms with van der Waals surface area (Å²) in [6, 6.07) is 3.99. The summed E-state index contributed by atoms with van der Waals surface area (Å²) < 4.78 is 0. The van der Waals surface area contributed by atoms with Gasteiger partial charge in [-0.3, -0.25) is 4.79 Å². The molecule has 4 nitrogen and oxygen atoms in total. The molecule has 0 aliphatic heterocycles. The lowest BCUT2D eigenvalue weighted by molar-refractivity contribution is -0.119. The minimum absolute atomic E-state index is 0.0185. The highest BCUT2D eigenvalue weighted by Gasteiger charge is 2.04. The van der Waals surface area contributed by atoms with Crippen LogP contribution in [0.3, 0.4) is 0 Å². The van der Waals surface area contributed by atoms with Gasteiger partial charge in [0.1, 0.15) is 5.82 Å². The van der Waals surface area contributed by atoms with Gasteiger partial charge in [-0.15, -0.1) is 0 Å². The van der Waals surface area contributed by atoms with Crippen LogP contribution in [0, 0.1) is 6.92 Å². The summed E-state index contributed by atoms with van der Waals surface area (Å²) in [4.78, 5) is 15.5. The Kier molecular flexibility index (Phi) is 4.09. The largest absolute Gasteiger partial charge is 0.361 e. The van der Waals surface area contributed by atoms with Gasteiger partial charge in [0.15, 0.2) is 0 Å². The lowest BCUT2D eigenvalue weighted by Crippen LogP contribution is -2.35. The Morgan fingerprint density at radius 3 is 2.87 bits per heavy atom. The smallest absolute Gasteiger partial charge is 0.239 e. The van der Waals surface area contributed by atoms with Gasteiger partial charge in [-0.05, 0) is 32.4 Å². The fourth-order valence-electron chi connectivity index (χ4n) is 1.21. The van der Waals surface area contributed by atoms with Crippen LogP contribution in [-0.2, 0) is 4.79 Å². The monoisotopic (exact) mass is 207 g/mol. The van der Waals surface area contributed by atoms with Gasteiger partial charge < -0.3 is 10.6 Å². The van der Waals surface area contributed by atoms with Crippen LogP contribution in [0.15, 0.2) is 18.3 Å². The molecular formula is C11H17N3O. The fraction of sp³-hybridized carbons (Fsp3) is 0.455. The number of rotatable bonds is 4. The van der Waals surface area contributed by atoms with E-state index >= 15 is 0 Å². The summed E-state index contributed by atoms with van der Waals surface area (Å²) in [5.41, 5.74) is 1.04. The van der Waals surface area contributed by atoms with Gasteiger partial charge >= 0.3 is 0 Å². The van der Waals surface area contributed by atoms with E-state index in [4.69, 9.17) is 0 Å². The molecule has 1 amide bonds. The zero-order chi connectivity index (χ0) is 11.3. The van der Waals surface area contributed by atoms with Gasteiger partial charge in [-0.1, -0.05) is 6.07 Å². The maximum atomic E-state index is 11.3. The van der Waals surface area contributed by atoms with Crippen molar-refractivity contribution in [2.45, 2.75) is 26.8 Å². The molecule has 2 N–H and O–H groups in total. The maximum absolute atomic E-state index is 11.3. The van der Waals surface area contributed by atoms with Crippen LogP contribution in [0.5, 0.6) is 0 Å². The normalized spacial score (nSPS) is 10.1. The second-order valence-electron chi connectivity index (χ2n) is 3.74. The molecule has 0 bridgehead atoms. The standard InChI is InChI=1S/C11H17N3O/c1-8(2)14-10(15)7-13-11-9(3)5-4-6-12-11/h4-6,8H,7H2,1-3H3,(H,12,13)(H,14,15). The predicted molar refractivity (Wildman–Crippen MR) is 60.7 cm³/mol. The number of hydrogen-bond donors (Lipinski definition) is 2. The first-order chi connectivity index (χ1) is 7.09. The first-order valence-electron chi connectivity index (χ1n) is 5.04. The highest BCUT2D eigenvalue weighted by Crippen LogP contribution is 2.07. The fourth-order valence-corrected chi connectivity index (χ4v) is 1.21. The number of aryl methyl sites for hydroxylation is 1. The number of nitrogens with one attached hydrogen (secondary N) is 2. The summed E-state index contributed by atoms with van der Waals surface area (Å²) in [5.74, 6) is 0.742. The summed E-state index contributed by atoms with van der Waals surface area (Å²) >= 11 is 0. The summed E-state index contributed by atoms with van der Waals surface area (Å²) in [6.07, 6.45) is 1.70. The molecule has 0 radical (unpaired) electrons. The molecule has 0 spiro atoms. The van der Waals surface area contributed by atoms with Crippen LogP contribution >= 0.6 is 0 Å². The predicted octanol–water partition coefficient (Wildman–Crippen LogP) is 1.33. The van der Waals surface area contributed by atoms with Crippen molar-refractivity contribution < 1.29 is 4.79 Å². The van der Waals surface area contributed by atoms with Crippen molar-refractivity contribution in [1.82, 2.24) is 10.3 Å². The van der Waals surface area contributed by atoms with Crippen molar-refractivity contribution in [3.63, 3.8) is 0 Å². The van der Waals surface area contributed by atoms with E-state index in [1.807, 2.05) is 32.9 Å². The molecule has 0 atom stereocenters. The molecule has 0 aliphatic rings. The van der Waals surface area contributed by atoms with E-state index in [2.05, 4.69) is 15.6 Å².